The third-order valence-corrected chi connectivity index (χ3v) is 4.56. The SMILES string of the molecule is CCC(O)(CC)CNC(=O)C1CC(=O)N(c2cc(F)cc(F)c2)C1. The van der Waals surface area contributed by atoms with Crippen LogP contribution in [0.3, 0.4) is 0 Å². The molecule has 0 saturated carbocycles. The Morgan fingerprint density at radius 2 is 1.88 bits per heavy atom. The van der Waals surface area contributed by atoms with Crippen LogP contribution >= 0.6 is 0 Å². The lowest BCUT2D eigenvalue weighted by Crippen LogP contribution is -2.44. The summed E-state index contributed by atoms with van der Waals surface area (Å²) in [6, 6.07) is 2.85. The Labute approximate surface area is 139 Å². The van der Waals surface area contributed by atoms with Crippen LogP contribution in [0.1, 0.15) is 33.1 Å². The van der Waals surface area contributed by atoms with Crippen LogP contribution < -0.4 is 10.2 Å². The molecule has 0 aliphatic carbocycles. The summed E-state index contributed by atoms with van der Waals surface area (Å²) in [7, 11) is 0. The zero-order valence-electron chi connectivity index (χ0n) is 13.8. The maximum Gasteiger partial charge on any atom is 0.227 e. The molecule has 0 bridgehead atoms. The monoisotopic (exact) mass is 340 g/mol. The van der Waals surface area contributed by atoms with E-state index in [1.54, 1.807) is 0 Å². The van der Waals surface area contributed by atoms with E-state index in [2.05, 4.69) is 5.32 Å². The molecule has 24 heavy (non-hydrogen) atoms. The minimum Gasteiger partial charge on any atom is -0.388 e. The molecular weight excluding hydrogens is 318 g/mol. The molecule has 1 atom stereocenters. The van der Waals surface area contributed by atoms with Crippen molar-refractivity contribution in [1.29, 1.82) is 0 Å². The van der Waals surface area contributed by atoms with Gasteiger partial charge in [0, 0.05) is 31.3 Å². The summed E-state index contributed by atoms with van der Waals surface area (Å²) in [5.41, 5.74) is -0.865. The van der Waals surface area contributed by atoms with Gasteiger partial charge in [0.1, 0.15) is 11.6 Å². The van der Waals surface area contributed by atoms with Crippen LogP contribution in [0.5, 0.6) is 0 Å². The molecule has 1 heterocycles. The summed E-state index contributed by atoms with van der Waals surface area (Å²) in [5.74, 6) is -2.87. The van der Waals surface area contributed by atoms with Crippen molar-refractivity contribution in [2.24, 2.45) is 5.92 Å². The first-order valence-electron chi connectivity index (χ1n) is 8.04. The van der Waals surface area contributed by atoms with Crippen LogP contribution in [0.4, 0.5) is 14.5 Å². The number of hydrogen-bond acceptors (Lipinski definition) is 3. The fraction of sp³-hybridized carbons (Fsp3) is 0.529. The minimum absolute atomic E-state index is 0.0271. The van der Waals surface area contributed by atoms with E-state index in [0.29, 0.717) is 12.8 Å². The molecule has 1 unspecified atom stereocenters. The summed E-state index contributed by atoms with van der Waals surface area (Å²) in [4.78, 5) is 25.5. The number of halogens is 2. The van der Waals surface area contributed by atoms with Crippen molar-refractivity contribution in [2.45, 2.75) is 38.7 Å². The zero-order chi connectivity index (χ0) is 17.9. The zero-order valence-corrected chi connectivity index (χ0v) is 13.8. The molecule has 2 amide bonds. The third kappa shape index (κ3) is 4.08. The van der Waals surface area contributed by atoms with Crippen molar-refractivity contribution in [1.82, 2.24) is 5.32 Å². The molecule has 1 aliphatic rings. The Hall–Kier alpha value is -2.02. The topological polar surface area (TPSA) is 69.6 Å². The molecular formula is C17H22F2N2O3. The summed E-state index contributed by atoms with van der Waals surface area (Å²) >= 11 is 0. The second-order valence-corrected chi connectivity index (χ2v) is 6.18. The van der Waals surface area contributed by atoms with Crippen molar-refractivity contribution in [2.75, 3.05) is 18.0 Å². The Bertz CT molecular complexity index is 612. The maximum absolute atomic E-state index is 13.3. The average Bonchev–Trinajstić information content (AvgIpc) is 2.93. The molecule has 0 radical (unpaired) electrons. The van der Waals surface area contributed by atoms with Crippen molar-refractivity contribution >= 4 is 17.5 Å². The molecule has 5 nitrogen and oxygen atoms in total. The van der Waals surface area contributed by atoms with Gasteiger partial charge in [-0.1, -0.05) is 13.8 Å². The molecule has 1 aliphatic heterocycles. The number of carbonyl (C=O) groups is 2. The van der Waals surface area contributed by atoms with E-state index in [1.807, 2.05) is 13.8 Å². The molecule has 2 N–H and O–H groups in total. The van der Waals surface area contributed by atoms with Crippen LogP contribution in [-0.4, -0.2) is 35.6 Å². The van der Waals surface area contributed by atoms with Gasteiger partial charge >= 0.3 is 0 Å². The molecule has 1 aromatic rings. The number of amides is 2. The Balaban J connectivity index is 2.02. The molecule has 1 saturated heterocycles. The van der Waals surface area contributed by atoms with Crippen molar-refractivity contribution in [3.05, 3.63) is 29.8 Å². The molecule has 0 spiro atoms. The Morgan fingerprint density at radius 1 is 1.29 bits per heavy atom. The molecule has 7 heteroatoms. The van der Waals surface area contributed by atoms with Gasteiger partial charge in [-0.15, -0.1) is 0 Å². The van der Waals surface area contributed by atoms with Gasteiger partial charge in [-0.25, -0.2) is 8.78 Å². The van der Waals surface area contributed by atoms with Gasteiger partial charge in [0.15, 0.2) is 0 Å². The summed E-state index contributed by atoms with van der Waals surface area (Å²) in [5, 5.41) is 12.9. The van der Waals surface area contributed by atoms with Crippen LogP contribution in [0.15, 0.2) is 18.2 Å². The van der Waals surface area contributed by atoms with Gasteiger partial charge in [0.25, 0.3) is 0 Å². The largest absolute Gasteiger partial charge is 0.388 e. The number of aliphatic hydroxyl groups is 1. The fourth-order valence-electron chi connectivity index (χ4n) is 2.72. The summed E-state index contributed by atoms with van der Waals surface area (Å²) in [6.07, 6.45) is 0.977. The summed E-state index contributed by atoms with van der Waals surface area (Å²) in [6.45, 7) is 3.83. The highest BCUT2D eigenvalue weighted by molar-refractivity contribution is 6.00. The summed E-state index contributed by atoms with van der Waals surface area (Å²) < 4.78 is 26.6. The highest BCUT2D eigenvalue weighted by atomic mass is 19.1. The minimum atomic E-state index is -0.969. The second kappa shape index (κ2) is 7.25. The van der Waals surface area contributed by atoms with E-state index in [4.69, 9.17) is 0 Å². The fourth-order valence-corrected chi connectivity index (χ4v) is 2.72. The van der Waals surface area contributed by atoms with Crippen LogP contribution in [-0.2, 0) is 9.59 Å². The van der Waals surface area contributed by atoms with E-state index in [9.17, 15) is 23.5 Å². The first kappa shape index (κ1) is 18.3. The second-order valence-electron chi connectivity index (χ2n) is 6.18. The van der Waals surface area contributed by atoms with E-state index in [1.165, 1.54) is 4.90 Å². The van der Waals surface area contributed by atoms with Crippen LogP contribution in [0.2, 0.25) is 0 Å². The van der Waals surface area contributed by atoms with E-state index < -0.39 is 23.2 Å². The van der Waals surface area contributed by atoms with E-state index >= 15 is 0 Å². The molecule has 1 aromatic carbocycles. The number of anilines is 1. The highest BCUT2D eigenvalue weighted by Gasteiger charge is 2.36. The predicted octanol–water partition coefficient (Wildman–Crippen LogP) is 1.98. The Kier molecular flexibility index (Phi) is 5.54. The molecule has 0 aromatic heterocycles. The van der Waals surface area contributed by atoms with Crippen molar-refractivity contribution in [3.8, 4) is 0 Å². The van der Waals surface area contributed by atoms with Gasteiger partial charge in [0.2, 0.25) is 11.8 Å². The number of carbonyl (C=O) groups excluding carboxylic acids is 2. The van der Waals surface area contributed by atoms with Crippen LogP contribution in [0.25, 0.3) is 0 Å². The highest BCUT2D eigenvalue weighted by Crippen LogP contribution is 2.27. The lowest BCUT2D eigenvalue weighted by atomic mass is 9.97. The molecule has 132 valence electrons. The van der Waals surface area contributed by atoms with Gasteiger partial charge < -0.3 is 15.3 Å². The standard InChI is InChI=1S/C17H22F2N2O3/c1-3-17(24,4-2)10-20-16(23)11-5-15(22)21(9-11)14-7-12(18)6-13(19)8-14/h6-8,11,24H,3-5,9-10H2,1-2H3,(H,20,23). The molecule has 2 rings (SSSR count). The number of nitrogens with one attached hydrogen (secondary N) is 1. The maximum atomic E-state index is 13.3. The van der Waals surface area contributed by atoms with Crippen LogP contribution in [0, 0.1) is 17.6 Å². The van der Waals surface area contributed by atoms with Gasteiger partial charge in [-0.3, -0.25) is 9.59 Å². The third-order valence-electron chi connectivity index (χ3n) is 4.56. The van der Waals surface area contributed by atoms with Gasteiger partial charge in [0.05, 0.1) is 11.5 Å². The number of benzene rings is 1. The first-order chi connectivity index (χ1) is 11.3. The first-order valence-corrected chi connectivity index (χ1v) is 8.04. The number of nitrogens with zero attached hydrogens (tertiary/aromatic N) is 1. The number of hydrogen-bond donors (Lipinski definition) is 2. The van der Waals surface area contributed by atoms with E-state index in [-0.39, 0.29) is 37.0 Å². The quantitative estimate of drug-likeness (QED) is 0.832. The Morgan fingerprint density at radius 3 is 2.42 bits per heavy atom. The predicted molar refractivity (Wildman–Crippen MR) is 85.4 cm³/mol. The lowest BCUT2D eigenvalue weighted by Gasteiger charge is -2.26. The normalized spacial score (nSPS) is 18.1. The smallest absolute Gasteiger partial charge is 0.227 e. The van der Waals surface area contributed by atoms with Crippen molar-refractivity contribution in [3.63, 3.8) is 0 Å². The molecule has 1 fully saturated rings. The van der Waals surface area contributed by atoms with Gasteiger partial charge in [-0.2, -0.15) is 0 Å². The van der Waals surface area contributed by atoms with Gasteiger partial charge in [-0.05, 0) is 25.0 Å². The average molecular weight is 340 g/mol. The number of rotatable bonds is 6. The van der Waals surface area contributed by atoms with E-state index in [0.717, 1.165) is 18.2 Å². The van der Waals surface area contributed by atoms with Crippen molar-refractivity contribution < 1.29 is 23.5 Å². The lowest BCUT2D eigenvalue weighted by molar-refractivity contribution is -0.127.